The predicted octanol–water partition coefficient (Wildman–Crippen LogP) is 2.06. The van der Waals surface area contributed by atoms with E-state index in [-0.39, 0.29) is 5.56 Å². The molecule has 6 heteroatoms. The number of nitrogens with one attached hydrogen (secondary N) is 1. The van der Waals surface area contributed by atoms with Crippen molar-refractivity contribution in [3.8, 4) is 5.75 Å². The first-order chi connectivity index (χ1) is 9.56. The third-order valence-corrected chi connectivity index (χ3v) is 2.82. The van der Waals surface area contributed by atoms with Gasteiger partial charge in [-0.25, -0.2) is 9.59 Å². The molecule has 20 heavy (non-hydrogen) atoms. The summed E-state index contributed by atoms with van der Waals surface area (Å²) in [4.78, 5) is 25.5. The van der Waals surface area contributed by atoms with Gasteiger partial charge in [-0.3, -0.25) is 0 Å². The molecule has 1 aromatic heterocycles. The summed E-state index contributed by atoms with van der Waals surface area (Å²) in [5.74, 6) is -1.05. The fraction of sp³-hybridized carbons (Fsp3) is 0.143. The molecule has 0 amide bonds. The van der Waals surface area contributed by atoms with E-state index in [4.69, 9.17) is 14.6 Å². The van der Waals surface area contributed by atoms with Crippen molar-refractivity contribution in [1.29, 1.82) is 0 Å². The van der Waals surface area contributed by atoms with Gasteiger partial charge in [-0.1, -0.05) is 0 Å². The zero-order chi connectivity index (χ0) is 14.7. The van der Waals surface area contributed by atoms with Gasteiger partial charge in [0.05, 0.1) is 25.5 Å². The average molecular weight is 275 g/mol. The number of methoxy groups -OCH3 is 2. The third-order valence-electron chi connectivity index (χ3n) is 2.82. The lowest BCUT2D eigenvalue weighted by Crippen LogP contribution is -2.02. The number of carbonyl (C=O) groups is 2. The van der Waals surface area contributed by atoms with Crippen molar-refractivity contribution in [3.05, 3.63) is 35.5 Å². The minimum atomic E-state index is -1.10. The highest BCUT2D eigenvalue weighted by atomic mass is 16.5. The quantitative estimate of drug-likeness (QED) is 0.658. The van der Waals surface area contributed by atoms with Gasteiger partial charge >= 0.3 is 11.9 Å². The number of carboxylic acid groups (broad SMARTS) is 1. The van der Waals surface area contributed by atoms with Gasteiger partial charge in [0.1, 0.15) is 5.75 Å². The highest BCUT2D eigenvalue weighted by Gasteiger charge is 2.18. The molecule has 1 heterocycles. The Morgan fingerprint density at radius 1 is 1.30 bits per heavy atom. The van der Waals surface area contributed by atoms with Crippen LogP contribution in [0.25, 0.3) is 17.0 Å². The van der Waals surface area contributed by atoms with Gasteiger partial charge in [0.2, 0.25) is 0 Å². The van der Waals surface area contributed by atoms with E-state index in [0.29, 0.717) is 22.3 Å². The lowest BCUT2D eigenvalue weighted by Gasteiger charge is -2.01. The monoisotopic (exact) mass is 275 g/mol. The van der Waals surface area contributed by atoms with Crippen LogP contribution in [0.1, 0.15) is 16.1 Å². The van der Waals surface area contributed by atoms with Gasteiger partial charge in [0, 0.05) is 17.0 Å². The Kier molecular flexibility index (Phi) is 3.74. The Morgan fingerprint density at radius 3 is 2.65 bits per heavy atom. The second kappa shape index (κ2) is 5.48. The number of H-pyrrole nitrogens is 1. The Labute approximate surface area is 114 Å². The SMILES string of the molecule is COC(=O)c1c(C=CC(=O)O)[nH]c2ccc(OC)cc12. The van der Waals surface area contributed by atoms with Crippen LogP contribution in [0, 0.1) is 0 Å². The van der Waals surface area contributed by atoms with E-state index < -0.39 is 11.9 Å². The van der Waals surface area contributed by atoms with Crippen LogP contribution in [0.5, 0.6) is 5.75 Å². The van der Waals surface area contributed by atoms with E-state index in [1.807, 2.05) is 0 Å². The molecule has 0 unspecified atom stereocenters. The highest BCUT2D eigenvalue weighted by Crippen LogP contribution is 2.28. The number of benzene rings is 1. The molecule has 0 fully saturated rings. The summed E-state index contributed by atoms with van der Waals surface area (Å²) in [7, 11) is 2.79. The second-order valence-electron chi connectivity index (χ2n) is 3.99. The molecular weight excluding hydrogens is 262 g/mol. The molecule has 0 saturated heterocycles. The zero-order valence-corrected chi connectivity index (χ0v) is 11.0. The van der Waals surface area contributed by atoms with Crippen LogP contribution in [0.4, 0.5) is 0 Å². The Hall–Kier alpha value is -2.76. The lowest BCUT2D eigenvalue weighted by atomic mass is 10.1. The Balaban J connectivity index is 2.67. The first kappa shape index (κ1) is 13.7. The third kappa shape index (κ3) is 2.49. The molecule has 1 aromatic carbocycles. The molecule has 0 saturated carbocycles. The van der Waals surface area contributed by atoms with E-state index in [9.17, 15) is 9.59 Å². The van der Waals surface area contributed by atoms with Crippen molar-refractivity contribution < 1.29 is 24.2 Å². The zero-order valence-electron chi connectivity index (χ0n) is 11.0. The van der Waals surface area contributed by atoms with Crippen LogP contribution >= 0.6 is 0 Å². The fourth-order valence-corrected chi connectivity index (χ4v) is 1.92. The van der Waals surface area contributed by atoms with Gasteiger partial charge in [-0.05, 0) is 24.3 Å². The molecule has 104 valence electrons. The standard InChI is InChI=1S/C14H13NO5/c1-19-8-3-4-10-9(7-8)13(14(18)20-2)11(15-10)5-6-12(16)17/h3-7,15H,1-2H3,(H,16,17). The minimum Gasteiger partial charge on any atom is -0.497 e. The van der Waals surface area contributed by atoms with Gasteiger partial charge in [0.25, 0.3) is 0 Å². The number of ether oxygens (including phenoxy) is 2. The molecule has 2 N–H and O–H groups in total. The second-order valence-corrected chi connectivity index (χ2v) is 3.99. The number of hydrogen-bond acceptors (Lipinski definition) is 4. The Morgan fingerprint density at radius 2 is 2.05 bits per heavy atom. The molecular formula is C14H13NO5. The summed E-state index contributed by atoms with van der Waals surface area (Å²) in [6.07, 6.45) is 2.27. The number of aromatic nitrogens is 1. The smallest absolute Gasteiger partial charge is 0.340 e. The summed E-state index contributed by atoms with van der Waals surface area (Å²) in [5.41, 5.74) is 1.35. The topological polar surface area (TPSA) is 88.6 Å². The molecule has 0 atom stereocenters. The molecule has 0 bridgehead atoms. The van der Waals surface area contributed by atoms with Crippen LogP contribution in [-0.2, 0) is 9.53 Å². The van der Waals surface area contributed by atoms with E-state index >= 15 is 0 Å². The fourth-order valence-electron chi connectivity index (χ4n) is 1.92. The number of aromatic amines is 1. The number of rotatable bonds is 4. The maximum atomic E-state index is 11.9. The number of carbonyl (C=O) groups excluding carboxylic acids is 1. The molecule has 2 rings (SSSR count). The molecule has 0 aliphatic rings. The number of esters is 1. The summed E-state index contributed by atoms with van der Waals surface area (Å²) >= 11 is 0. The van der Waals surface area contributed by atoms with Crippen molar-refractivity contribution >= 4 is 28.9 Å². The molecule has 0 radical (unpaired) electrons. The van der Waals surface area contributed by atoms with E-state index in [1.165, 1.54) is 20.3 Å². The van der Waals surface area contributed by atoms with Crippen molar-refractivity contribution in [1.82, 2.24) is 4.98 Å². The highest BCUT2D eigenvalue weighted by molar-refractivity contribution is 6.08. The van der Waals surface area contributed by atoms with Crippen LogP contribution < -0.4 is 4.74 Å². The normalized spacial score (nSPS) is 10.9. The Bertz CT molecular complexity index is 699. The van der Waals surface area contributed by atoms with Crippen LogP contribution in [0.3, 0.4) is 0 Å². The number of carboxylic acids is 1. The first-order valence-electron chi connectivity index (χ1n) is 5.76. The summed E-state index contributed by atoms with van der Waals surface area (Å²) < 4.78 is 9.86. The van der Waals surface area contributed by atoms with Crippen molar-refractivity contribution in [3.63, 3.8) is 0 Å². The average Bonchev–Trinajstić information content (AvgIpc) is 2.81. The summed E-state index contributed by atoms with van der Waals surface area (Å²) in [6.45, 7) is 0. The van der Waals surface area contributed by atoms with Crippen molar-refractivity contribution in [2.24, 2.45) is 0 Å². The van der Waals surface area contributed by atoms with E-state index in [1.54, 1.807) is 18.2 Å². The van der Waals surface area contributed by atoms with Gasteiger partial charge in [0.15, 0.2) is 0 Å². The van der Waals surface area contributed by atoms with Gasteiger partial charge < -0.3 is 19.6 Å². The van der Waals surface area contributed by atoms with Crippen LogP contribution in [-0.4, -0.2) is 36.2 Å². The van der Waals surface area contributed by atoms with Gasteiger partial charge in [-0.15, -0.1) is 0 Å². The number of fused-ring (bicyclic) bond motifs is 1. The largest absolute Gasteiger partial charge is 0.497 e. The predicted molar refractivity (Wildman–Crippen MR) is 72.9 cm³/mol. The van der Waals surface area contributed by atoms with Crippen LogP contribution in [0.15, 0.2) is 24.3 Å². The maximum absolute atomic E-state index is 11.9. The first-order valence-corrected chi connectivity index (χ1v) is 5.76. The van der Waals surface area contributed by atoms with E-state index in [0.717, 1.165) is 6.08 Å². The molecule has 0 spiro atoms. The molecule has 2 aromatic rings. The maximum Gasteiger partial charge on any atom is 0.340 e. The molecule has 0 aliphatic heterocycles. The lowest BCUT2D eigenvalue weighted by molar-refractivity contribution is -0.131. The number of aliphatic carboxylic acids is 1. The van der Waals surface area contributed by atoms with Gasteiger partial charge in [-0.2, -0.15) is 0 Å². The van der Waals surface area contributed by atoms with Crippen molar-refractivity contribution in [2.75, 3.05) is 14.2 Å². The number of hydrogen-bond donors (Lipinski definition) is 2. The van der Waals surface area contributed by atoms with Crippen LogP contribution in [0.2, 0.25) is 0 Å². The molecule has 0 aliphatic carbocycles. The molecule has 6 nitrogen and oxygen atoms in total. The minimum absolute atomic E-state index is 0.277. The summed E-state index contributed by atoms with van der Waals surface area (Å²) in [6, 6.07) is 5.18. The van der Waals surface area contributed by atoms with E-state index in [2.05, 4.69) is 4.98 Å². The summed E-state index contributed by atoms with van der Waals surface area (Å²) in [5, 5.41) is 9.29. The van der Waals surface area contributed by atoms with Crippen molar-refractivity contribution in [2.45, 2.75) is 0 Å².